The molecule has 10 nitrogen and oxygen atoms in total. The van der Waals surface area contributed by atoms with Crippen LogP contribution < -0.4 is 34.3 Å². The van der Waals surface area contributed by atoms with Gasteiger partial charge in [0.2, 0.25) is 11.7 Å². The lowest BCUT2D eigenvalue weighted by atomic mass is 10.2. The number of rotatable bonds is 6. The first-order chi connectivity index (χ1) is 15.1. The molecule has 0 bridgehead atoms. The van der Waals surface area contributed by atoms with Gasteiger partial charge in [-0.1, -0.05) is 0 Å². The van der Waals surface area contributed by atoms with Crippen molar-refractivity contribution in [2.45, 2.75) is 0 Å². The summed E-state index contributed by atoms with van der Waals surface area (Å²) in [5, 5.41) is 0.322. The normalized spacial score (nSPS) is 13.9. The van der Waals surface area contributed by atoms with E-state index in [9.17, 15) is 4.79 Å². The average Bonchev–Trinajstić information content (AvgIpc) is 2.82. The molecule has 0 unspecified atom stereocenters. The zero-order chi connectivity index (χ0) is 22.0. The van der Waals surface area contributed by atoms with E-state index in [-0.39, 0.29) is 0 Å². The SMILES string of the molecule is COc1ccnc(N2CCN(c3nc(=O)c4c(OC)c(OC)c(OC)cc4[nH]3)CC2)c1. The maximum absolute atomic E-state index is 12.9. The van der Waals surface area contributed by atoms with Gasteiger partial charge in [0, 0.05) is 44.5 Å². The maximum Gasteiger partial charge on any atom is 0.286 e. The zero-order valence-electron chi connectivity index (χ0n) is 18.0. The van der Waals surface area contributed by atoms with Gasteiger partial charge in [0.05, 0.1) is 34.0 Å². The molecule has 0 radical (unpaired) electrons. The largest absolute Gasteiger partial charge is 0.497 e. The number of piperazine rings is 1. The molecule has 0 atom stereocenters. The van der Waals surface area contributed by atoms with Crippen LogP contribution in [0, 0.1) is 0 Å². The van der Waals surface area contributed by atoms with E-state index in [0.717, 1.165) is 24.7 Å². The third-order valence-electron chi connectivity index (χ3n) is 5.35. The van der Waals surface area contributed by atoms with Crippen molar-refractivity contribution in [3.05, 3.63) is 34.7 Å². The summed E-state index contributed by atoms with van der Waals surface area (Å²) in [7, 11) is 6.16. The molecule has 1 aromatic carbocycles. The lowest BCUT2D eigenvalue weighted by molar-refractivity contribution is 0.327. The first kappa shape index (κ1) is 20.6. The molecule has 10 heteroatoms. The second-order valence-corrected chi connectivity index (χ2v) is 6.96. The van der Waals surface area contributed by atoms with Gasteiger partial charge in [-0.2, -0.15) is 4.98 Å². The summed E-state index contributed by atoms with van der Waals surface area (Å²) in [5.41, 5.74) is 0.180. The number of nitrogens with one attached hydrogen (secondary N) is 1. The summed E-state index contributed by atoms with van der Waals surface area (Å²) >= 11 is 0. The smallest absolute Gasteiger partial charge is 0.286 e. The van der Waals surface area contributed by atoms with E-state index in [2.05, 4.69) is 19.9 Å². The molecule has 164 valence electrons. The Morgan fingerprint density at radius 1 is 0.903 bits per heavy atom. The average molecular weight is 427 g/mol. The summed E-state index contributed by atoms with van der Waals surface area (Å²) in [6, 6.07) is 5.46. The molecule has 31 heavy (non-hydrogen) atoms. The molecule has 2 aromatic heterocycles. The van der Waals surface area contributed by atoms with Gasteiger partial charge in [0.15, 0.2) is 11.5 Å². The van der Waals surface area contributed by atoms with Crippen molar-refractivity contribution in [3.8, 4) is 23.0 Å². The third kappa shape index (κ3) is 3.76. The predicted octanol–water partition coefficient (Wildman–Crippen LogP) is 1.68. The second kappa shape index (κ2) is 8.58. The van der Waals surface area contributed by atoms with E-state index in [1.807, 2.05) is 17.0 Å². The number of ether oxygens (including phenoxy) is 4. The summed E-state index contributed by atoms with van der Waals surface area (Å²) in [5.74, 6) is 3.26. The molecule has 4 rings (SSSR count). The van der Waals surface area contributed by atoms with E-state index < -0.39 is 5.56 Å². The number of aromatic amines is 1. The van der Waals surface area contributed by atoms with Crippen molar-refractivity contribution in [1.29, 1.82) is 0 Å². The Bertz CT molecular complexity index is 1140. The topological polar surface area (TPSA) is 102 Å². The summed E-state index contributed by atoms with van der Waals surface area (Å²) < 4.78 is 21.5. The minimum atomic E-state index is -0.390. The number of H-pyrrole nitrogens is 1. The number of hydrogen-bond acceptors (Lipinski definition) is 9. The first-order valence-electron chi connectivity index (χ1n) is 9.82. The van der Waals surface area contributed by atoms with E-state index in [0.29, 0.717) is 47.2 Å². The van der Waals surface area contributed by atoms with E-state index >= 15 is 0 Å². The number of anilines is 2. The summed E-state index contributed by atoms with van der Waals surface area (Å²) in [6.45, 7) is 2.82. The minimum Gasteiger partial charge on any atom is -0.497 e. The van der Waals surface area contributed by atoms with Crippen LogP contribution in [0.1, 0.15) is 0 Å². The van der Waals surface area contributed by atoms with Crippen molar-refractivity contribution < 1.29 is 18.9 Å². The molecule has 0 spiro atoms. The quantitative estimate of drug-likeness (QED) is 0.629. The van der Waals surface area contributed by atoms with Crippen molar-refractivity contribution in [1.82, 2.24) is 15.0 Å². The Kier molecular flexibility index (Phi) is 5.70. The van der Waals surface area contributed by atoms with E-state index in [1.54, 1.807) is 19.4 Å². The fourth-order valence-electron chi connectivity index (χ4n) is 3.76. The summed E-state index contributed by atoms with van der Waals surface area (Å²) in [4.78, 5) is 29.1. The van der Waals surface area contributed by atoms with Crippen molar-refractivity contribution in [2.75, 3.05) is 64.4 Å². The Labute approximate surface area is 179 Å². The highest BCUT2D eigenvalue weighted by Crippen LogP contribution is 2.41. The number of aromatic nitrogens is 3. The molecule has 0 aliphatic carbocycles. The molecular formula is C21H25N5O5. The van der Waals surface area contributed by atoms with Crippen molar-refractivity contribution >= 4 is 22.7 Å². The highest BCUT2D eigenvalue weighted by molar-refractivity contribution is 5.90. The Morgan fingerprint density at radius 2 is 1.61 bits per heavy atom. The number of benzene rings is 1. The molecule has 1 N–H and O–H groups in total. The predicted molar refractivity (Wildman–Crippen MR) is 117 cm³/mol. The molecule has 0 saturated carbocycles. The summed E-state index contributed by atoms with van der Waals surface area (Å²) in [6.07, 6.45) is 1.73. The highest BCUT2D eigenvalue weighted by Gasteiger charge is 2.24. The van der Waals surface area contributed by atoms with Gasteiger partial charge < -0.3 is 33.7 Å². The lowest BCUT2D eigenvalue weighted by Crippen LogP contribution is -2.47. The molecular weight excluding hydrogens is 402 g/mol. The fourth-order valence-corrected chi connectivity index (χ4v) is 3.76. The van der Waals surface area contributed by atoms with Crippen LogP contribution in [-0.2, 0) is 0 Å². The van der Waals surface area contributed by atoms with Gasteiger partial charge in [-0.15, -0.1) is 0 Å². The molecule has 1 aliphatic rings. The van der Waals surface area contributed by atoms with Crippen LogP contribution >= 0.6 is 0 Å². The van der Waals surface area contributed by atoms with Crippen LogP contribution in [0.15, 0.2) is 29.2 Å². The Balaban J connectivity index is 1.63. The van der Waals surface area contributed by atoms with Gasteiger partial charge in [0.1, 0.15) is 17.0 Å². The van der Waals surface area contributed by atoms with Crippen LogP contribution in [0.3, 0.4) is 0 Å². The standard InChI is InChI=1S/C21H25N5O5/c1-28-13-5-6-22-16(11-13)25-7-9-26(10-8-25)21-23-14-12-15(29-2)18(30-3)19(31-4)17(14)20(27)24-21/h5-6,11-12H,7-10H2,1-4H3,(H,23,24,27). The van der Waals surface area contributed by atoms with E-state index in [4.69, 9.17) is 18.9 Å². The molecule has 1 fully saturated rings. The van der Waals surface area contributed by atoms with Crippen LogP contribution in [0.5, 0.6) is 23.0 Å². The fraction of sp³-hybridized carbons (Fsp3) is 0.381. The van der Waals surface area contributed by atoms with Crippen LogP contribution in [0.2, 0.25) is 0 Å². The second-order valence-electron chi connectivity index (χ2n) is 6.96. The third-order valence-corrected chi connectivity index (χ3v) is 5.35. The van der Waals surface area contributed by atoms with Gasteiger partial charge >= 0.3 is 0 Å². The molecule has 1 aliphatic heterocycles. The molecule has 1 saturated heterocycles. The molecule has 3 heterocycles. The van der Waals surface area contributed by atoms with Crippen molar-refractivity contribution in [3.63, 3.8) is 0 Å². The van der Waals surface area contributed by atoms with Gasteiger partial charge in [-0.05, 0) is 6.07 Å². The lowest BCUT2D eigenvalue weighted by Gasteiger charge is -2.35. The van der Waals surface area contributed by atoms with Gasteiger partial charge in [-0.3, -0.25) is 4.79 Å². The Hall–Kier alpha value is -3.69. The number of nitrogens with zero attached hydrogens (tertiary/aromatic N) is 4. The molecule has 3 aromatic rings. The van der Waals surface area contributed by atoms with E-state index in [1.165, 1.54) is 21.3 Å². The number of pyridine rings is 1. The van der Waals surface area contributed by atoms with Crippen LogP contribution in [0.25, 0.3) is 10.9 Å². The van der Waals surface area contributed by atoms with Crippen molar-refractivity contribution in [2.24, 2.45) is 0 Å². The maximum atomic E-state index is 12.9. The van der Waals surface area contributed by atoms with Gasteiger partial charge in [-0.25, -0.2) is 4.98 Å². The number of methoxy groups -OCH3 is 4. The monoisotopic (exact) mass is 427 g/mol. The highest BCUT2D eigenvalue weighted by atomic mass is 16.5. The minimum absolute atomic E-state index is 0.297. The first-order valence-corrected chi connectivity index (χ1v) is 9.82. The number of hydrogen-bond donors (Lipinski definition) is 1. The van der Waals surface area contributed by atoms with Crippen LogP contribution in [-0.4, -0.2) is 69.6 Å². The molecule has 0 amide bonds. The Morgan fingerprint density at radius 3 is 2.26 bits per heavy atom. The zero-order valence-corrected chi connectivity index (χ0v) is 18.0. The number of fused-ring (bicyclic) bond motifs is 1. The van der Waals surface area contributed by atoms with Gasteiger partial charge in [0.25, 0.3) is 5.56 Å². The van der Waals surface area contributed by atoms with Crippen LogP contribution in [0.4, 0.5) is 11.8 Å².